The normalized spacial score (nSPS) is 14.3. The molecule has 0 aliphatic rings. The highest BCUT2D eigenvalue weighted by molar-refractivity contribution is 5.33. The molecule has 2 nitrogen and oxygen atoms in total. The predicted molar refractivity (Wildman–Crippen MR) is 88.2 cm³/mol. The van der Waals surface area contributed by atoms with Crippen LogP contribution in [0.4, 0.5) is 0 Å². The highest BCUT2D eigenvalue weighted by Gasteiger charge is 2.15. The highest BCUT2D eigenvalue weighted by atomic mass is 14.9. The van der Waals surface area contributed by atoms with Crippen LogP contribution in [-0.2, 0) is 0 Å². The Labute approximate surface area is 125 Å². The molecule has 1 aromatic heterocycles. The van der Waals surface area contributed by atoms with Crippen LogP contribution in [0.3, 0.4) is 0 Å². The molecule has 0 aromatic carbocycles. The van der Waals surface area contributed by atoms with Gasteiger partial charge in [-0.3, -0.25) is 4.98 Å². The molecule has 0 fully saturated rings. The number of unbranched alkanes of at least 4 members (excludes halogenated alkanes) is 3. The number of aromatic nitrogens is 1. The van der Waals surface area contributed by atoms with Crippen LogP contribution in [0.5, 0.6) is 0 Å². The molecule has 0 aliphatic carbocycles. The van der Waals surface area contributed by atoms with Crippen molar-refractivity contribution in [2.75, 3.05) is 0 Å². The molecular formula is C18H32N2. The summed E-state index contributed by atoms with van der Waals surface area (Å²) in [6.07, 6.45) is 6.63. The Balaban J connectivity index is 2.56. The van der Waals surface area contributed by atoms with E-state index >= 15 is 0 Å². The summed E-state index contributed by atoms with van der Waals surface area (Å²) < 4.78 is 0. The molecule has 0 saturated heterocycles. The first-order chi connectivity index (χ1) is 9.45. The molecule has 1 N–H and O–H groups in total. The SMILES string of the molecule is CCCCCCC(C)NC(C)c1c(C)cc(C)nc1C. The lowest BCUT2D eigenvalue weighted by atomic mass is 9.99. The van der Waals surface area contributed by atoms with Gasteiger partial charge in [0, 0.05) is 23.5 Å². The Bertz CT molecular complexity index is 389. The number of aryl methyl sites for hydroxylation is 3. The summed E-state index contributed by atoms with van der Waals surface area (Å²) in [4.78, 5) is 4.61. The van der Waals surface area contributed by atoms with Crippen LogP contribution in [0.2, 0.25) is 0 Å². The molecule has 114 valence electrons. The molecule has 0 aliphatic heterocycles. The average molecular weight is 276 g/mol. The molecule has 20 heavy (non-hydrogen) atoms. The van der Waals surface area contributed by atoms with Gasteiger partial charge in [0.25, 0.3) is 0 Å². The third-order valence-corrected chi connectivity index (χ3v) is 4.04. The van der Waals surface area contributed by atoms with Crippen molar-refractivity contribution in [2.24, 2.45) is 0 Å². The van der Waals surface area contributed by atoms with E-state index in [-0.39, 0.29) is 0 Å². The Morgan fingerprint density at radius 2 is 1.80 bits per heavy atom. The maximum Gasteiger partial charge on any atom is 0.0426 e. The van der Waals surface area contributed by atoms with Crippen molar-refractivity contribution in [1.29, 1.82) is 0 Å². The molecule has 0 bridgehead atoms. The largest absolute Gasteiger partial charge is 0.308 e. The van der Waals surface area contributed by atoms with E-state index < -0.39 is 0 Å². The molecule has 0 radical (unpaired) electrons. The van der Waals surface area contributed by atoms with Crippen molar-refractivity contribution in [3.8, 4) is 0 Å². The summed E-state index contributed by atoms with van der Waals surface area (Å²) in [6.45, 7) is 13.2. The Morgan fingerprint density at radius 3 is 2.40 bits per heavy atom. The summed E-state index contributed by atoms with van der Waals surface area (Å²) in [5.41, 5.74) is 5.01. The van der Waals surface area contributed by atoms with Crippen LogP contribution >= 0.6 is 0 Å². The maximum absolute atomic E-state index is 4.61. The number of nitrogens with one attached hydrogen (secondary N) is 1. The Morgan fingerprint density at radius 1 is 1.10 bits per heavy atom. The number of hydrogen-bond donors (Lipinski definition) is 1. The van der Waals surface area contributed by atoms with Crippen LogP contribution < -0.4 is 5.32 Å². The highest BCUT2D eigenvalue weighted by Crippen LogP contribution is 2.22. The first-order valence-electron chi connectivity index (χ1n) is 8.16. The van der Waals surface area contributed by atoms with E-state index in [1.54, 1.807) is 0 Å². The van der Waals surface area contributed by atoms with Crippen LogP contribution in [0, 0.1) is 20.8 Å². The van der Waals surface area contributed by atoms with E-state index in [4.69, 9.17) is 0 Å². The first-order valence-corrected chi connectivity index (χ1v) is 8.16. The fraction of sp³-hybridized carbons (Fsp3) is 0.722. The number of nitrogens with zero attached hydrogens (tertiary/aromatic N) is 1. The zero-order valence-corrected chi connectivity index (χ0v) is 14.2. The average Bonchev–Trinajstić information content (AvgIpc) is 2.33. The van der Waals surface area contributed by atoms with Crippen molar-refractivity contribution >= 4 is 0 Å². The molecule has 1 rings (SSSR count). The summed E-state index contributed by atoms with van der Waals surface area (Å²) in [5, 5.41) is 3.73. The second-order valence-electron chi connectivity index (χ2n) is 6.22. The number of pyridine rings is 1. The van der Waals surface area contributed by atoms with Gasteiger partial charge < -0.3 is 5.32 Å². The van der Waals surface area contributed by atoms with Gasteiger partial charge in [-0.05, 0) is 58.2 Å². The van der Waals surface area contributed by atoms with Crippen molar-refractivity contribution in [2.45, 2.75) is 85.7 Å². The van der Waals surface area contributed by atoms with E-state index in [1.165, 1.54) is 48.9 Å². The summed E-state index contributed by atoms with van der Waals surface area (Å²) >= 11 is 0. The summed E-state index contributed by atoms with van der Waals surface area (Å²) in [7, 11) is 0. The quantitative estimate of drug-likeness (QED) is 0.675. The third-order valence-electron chi connectivity index (χ3n) is 4.04. The van der Waals surface area contributed by atoms with Gasteiger partial charge in [-0.1, -0.05) is 32.6 Å². The van der Waals surface area contributed by atoms with E-state index in [9.17, 15) is 0 Å². The molecule has 2 atom stereocenters. The fourth-order valence-corrected chi connectivity index (χ4v) is 3.16. The van der Waals surface area contributed by atoms with Crippen molar-refractivity contribution in [3.63, 3.8) is 0 Å². The van der Waals surface area contributed by atoms with Crippen LogP contribution in [-0.4, -0.2) is 11.0 Å². The van der Waals surface area contributed by atoms with E-state index in [1.807, 2.05) is 0 Å². The Kier molecular flexibility index (Phi) is 7.22. The third kappa shape index (κ3) is 5.24. The smallest absolute Gasteiger partial charge is 0.0426 e. The van der Waals surface area contributed by atoms with Gasteiger partial charge in [0.05, 0.1) is 0 Å². The van der Waals surface area contributed by atoms with Gasteiger partial charge in [-0.2, -0.15) is 0 Å². The number of rotatable bonds is 8. The minimum atomic E-state index is 0.379. The van der Waals surface area contributed by atoms with Crippen molar-refractivity contribution in [1.82, 2.24) is 10.3 Å². The van der Waals surface area contributed by atoms with Crippen LogP contribution in [0.15, 0.2) is 6.07 Å². The molecule has 2 unspecified atom stereocenters. The Hall–Kier alpha value is -0.890. The lowest BCUT2D eigenvalue weighted by Crippen LogP contribution is -2.30. The molecule has 1 heterocycles. The zero-order valence-electron chi connectivity index (χ0n) is 14.2. The van der Waals surface area contributed by atoms with E-state index in [2.05, 4.69) is 57.9 Å². The van der Waals surface area contributed by atoms with E-state index in [0.29, 0.717) is 12.1 Å². The van der Waals surface area contributed by atoms with Crippen molar-refractivity contribution in [3.05, 3.63) is 28.6 Å². The predicted octanol–water partition coefficient (Wildman–Crippen LogP) is 5.02. The fourth-order valence-electron chi connectivity index (χ4n) is 3.16. The summed E-state index contributed by atoms with van der Waals surface area (Å²) in [6, 6.07) is 3.14. The second-order valence-corrected chi connectivity index (χ2v) is 6.22. The van der Waals surface area contributed by atoms with Gasteiger partial charge >= 0.3 is 0 Å². The topological polar surface area (TPSA) is 24.9 Å². The molecule has 0 amide bonds. The molecule has 1 aromatic rings. The molecule has 0 saturated carbocycles. The lowest BCUT2D eigenvalue weighted by molar-refractivity contribution is 0.435. The standard InChI is InChI=1S/C18H32N2/c1-7-8-9-10-11-14(3)19-16(5)18-13(2)12-15(4)20-17(18)6/h12,14,16,19H,7-11H2,1-6H3. The minimum Gasteiger partial charge on any atom is -0.308 e. The van der Waals surface area contributed by atoms with Gasteiger partial charge in [-0.25, -0.2) is 0 Å². The monoisotopic (exact) mass is 276 g/mol. The molecule has 2 heteroatoms. The van der Waals surface area contributed by atoms with E-state index in [0.717, 1.165) is 5.69 Å². The summed E-state index contributed by atoms with van der Waals surface area (Å²) in [5.74, 6) is 0. The molecular weight excluding hydrogens is 244 g/mol. The van der Waals surface area contributed by atoms with Gasteiger partial charge in [0.15, 0.2) is 0 Å². The van der Waals surface area contributed by atoms with Crippen LogP contribution in [0.1, 0.15) is 81.4 Å². The maximum atomic E-state index is 4.61. The van der Waals surface area contributed by atoms with Crippen molar-refractivity contribution < 1.29 is 0 Å². The number of hydrogen-bond acceptors (Lipinski definition) is 2. The molecule has 0 spiro atoms. The van der Waals surface area contributed by atoms with Gasteiger partial charge in [-0.15, -0.1) is 0 Å². The van der Waals surface area contributed by atoms with Gasteiger partial charge in [0.2, 0.25) is 0 Å². The van der Waals surface area contributed by atoms with Crippen LogP contribution in [0.25, 0.3) is 0 Å². The minimum absolute atomic E-state index is 0.379. The zero-order chi connectivity index (χ0) is 15.1. The van der Waals surface area contributed by atoms with Gasteiger partial charge in [0.1, 0.15) is 0 Å². The lowest BCUT2D eigenvalue weighted by Gasteiger charge is -2.23. The first kappa shape index (κ1) is 17.2. The second kappa shape index (κ2) is 8.41.